The maximum absolute atomic E-state index is 14.1. The minimum absolute atomic E-state index is 0.0562. The number of hydrogen-bond acceptors (Lipinski definition) is 4. The van der Waals surface area contributed by atoms with Gasteiger partial charge in [0.05, 0.1) is 19.8 Å². The van der Waals surface area contributed by atoms with Gasteiger partial charge in [0.1, 0.15) is 11.6 Å². The molecule has 1 fully saturated rings. The Hall–Kier alpha value is -1.17. The molecular formula is C16H25FN2O2. The first-order valence-corrected chi connectivity index (χ1v) is 7.49. The Balaban J connectivity index is 2.03. The lowest BCUT2D eigenvalue weighted by molar-refractivity contribution is -0.0192. The average Bonchev–Trinajstić information content (AvgIpc) is 2.49. The highest BCUT2D eigenvalue weighted by molar-refractivity contribution is 5.37. The van der Waals surface area contributed by atoms with Gasteiger partial charge in [-0.2, -0.15) is 0 Å². The molecule has 2 atom stereocenters. The van der Waals surface area contributed by atoms with E-state index in [0.29, 0.717) is 11.3 Å². The molecular weight excluding hydrogens is 271 g/mol. The average molecular weight is 296 g/mol. The zero-order valence-electron chi connectivity index (χ0n) is 13.1. The lowest BCUT2D eigenvalue weighted by Crippen LogP contribution is -2.42. The van der Waals surface area contributed by atoms with Gasteiger partial charge in [-0.3, -0.25) is 4.90 Å². The predicted octanol–water partition coefficient (Wildman–Crippen LogP) is 2.21. The largest absolute Gasteiger partial charge is 0.496 e. The number of methoxy groups -OCH3 is 1. The van der Waals surface area contributed by atoms with E-state index in [0.717, 1.165) is 32.7 Å². The van der Waals surface area contributed by atoms with Crippen LogP contribution in [-0.4, -0.2) is 51.4 Å². The number of ether oxygens (including phenoxy) is 2. The van der Waals surface area contributed by atoms with Gasteiger partial charge in [0.25, 0.3) is 0 Å². The number of nitrogens with zero attached hydrogens (tertiary/aromatic N) is 1. The normalized spacial score (nSPS) is 21.2. The Morgan fingerprint density at radius 2 is 2.33 bits per heavy atom. The van der Waals surface area contributed by atoms with E-state index >= 15 is 0 Å². The van der Waals surface area contributed by atoms with E-state index < -0.39 is 0 Å². The van der Waals surface area contributed by atoms with Gasteiger partial charge in [-0.15, -0.1) is 0 Å². The molecule has 21 heavy (non-hydrogen) atoms. The third-order valence-electron chi connectivity index (χ3n) is 3.99. The lowest BCUT2D eigenvalue weighted by atomic mass is 10.0. The Kier molecular flexibility index (Phi) is 5.96. The van der Waals surface area contributed by atoms with Crippen molar-refractivity contribution in [3.05, 3.63) is 29.6 Å². The second-order valence-corrected chi connectivity index (χ2v) is 5.47. The summed E-state index contributed by atoms with van der Waals surface area (Å²) in [5, 5.41) is 3.21. The minimum Gasteiger partial charge on any atom is -0.496 e. The van der Waals surface area contributed by atoms with Gasteiger partial charge in [-0.25, -0.2) is 4.39 Å². The van der Waals surface area contributed by atoms with E-state index in [4.69, 9.17) is 9.47 Å². The standard InChI is InChI=1S/C16H25FN2O2/c1-12-11-19(9-10-21-12)8-7-14(18-2)16-13(17)5-4-6-15(16)20-3/h4-6,12,14,18H,7-11H2,1-3H3. The van der Waals surface area contributed by atoms with E-state index in [9.17, 15) is 4.39 Å². The van der Waals surface area contributed by atoms with Crippen LogP contribution in [0.2, 0.25) is 0 Å². The van der Waals surface area contributed by atoms with Crippen LogP contribution in [0.3, 0.4) is 0 Å². The number of nitrogens with one attached hydrogen (secondary N) is 1. The molecule has 1 aliphatic heterocycles. The Bertz CT molecular complexity index is 456. The van der Waals surface area contributed by atoms with Crippen molar-refractivity contribution in [3.8, 4) is 5.75 Å². The molecule has 1 saturated heterocycles. The maximum atomic E-state index is 14.1. The van der Waals surface area contributed by atoms with E-state index in [1.165, 1.54) is 6.07 Å². The molecule has 0 saturated carbocycles. The van der Waals surface area contributed by atoms with Gasteiger partial charge in [0, 0.05) is 31.2 Å². The van der Waals surface area contributed by atoms with Crippen LogP contribution >= 0.6 is 0 Å². The van der Waals surface area contributed by atoms with E-state index in [1.54, 1.807) is 19.2 Å². The summed E-state index contributed by atoms with van der Waals surface area (Å²) in [6.45, 7) is 5.65. The van der Waals surface area contributed by atoms with Gasteiger partial charge < -0.3 is 14.8 Å². The molecule has 0 aromatic heterocycles. The number of rotatable bonds is 6. The summed E-state index contributed by atoms with van der Waals surface area (Å²) >= 11 is 0. The maximum Gasteiger partial charge on any atom is 0.131 e. The van der Waals surface area contributed by atoms with Crippen molar-refractivity contribution in [2.45, 2.75) is 25.5 Å². The van der Waals surface area contributed by atoms with Crippen LogP contribution in [0.5, 0.6) is 5.75 Å². The fraction of sp³-hybridized carbons (Fsp3) is 0.625. The van der Waals surface area contributed by atoms with Crippen LogP contribution in [-0.2, 0) is 4.74 Å². The Labute approximate surface area is 126 Å². The van der Waals surface area contributed by atoms with Crippen LogP contribution < -0.4 is 10.1 Å². The number of benzene rings is 1. The Morgan fingerprint density at radius 3 is 3.00 bits per heavy atom. The van der Waals surface area contributed by atoms with Gasteiger partial charge in [-0.05, 0) is 32.5 Å². The molecule has 4 nitrogen and oxygen atoms in total. The minimum atomic E-state index is -0.218. The van der Waals surface area contributed by atoms with Crippen LogP contribution in [0.15, 0.2) is 18.2 Å². The highest BCUT2D eigenvalue weighted by atomic mass is 19.1. The first kappa shape index (κ1) is 16.2. The van der Waals surface area contributed by atoms with Gasteiger partial charge in [0.15, 0.2) is 0 Å². The van der Waals surface area contributed by atoms with E-state index in [-0.39, 0.29) is 18.0 Å². The first-order chi connectivity index (χ1) is 10.2. The molecule has 118 valence electrons. The third-order valence-corrected chi connectivity index (χ3v) is 3.99. The highest BCUT2D eigenvalue weighted by Crippen LogP contribution is 2.29. The molecule has 2 rings (SSSR count). The molecule has 1 aromatic rings. The first-order valence-electron chi connectivity index (χ1n) is 7.49. The number of hydrogen-bond donors (Lipinski definition) is 1. The summed E-state index contributed by atoms with van der Waals surface area (Å²) in [6, 6.07) is 4.91. The summed E-state index contributed by atoms with van der Waals surface area (Å²) < 4.78 is 25.0. The van der Waals surface area contributed by atoms with Crippen molar-refractivity contribution in [1.29, 1.82) is 0 Å². The summed E-state index contributed by atoms with van der Waals surface area (Å²) in [5.41, 5.74) is 0.615. The molecule has 0 aliphatic carbocycles. The molecule has 1 aromatic carbocycles. The predicted molar refractivity (Wildman–Crippen MR) is 81.2 cm³/mol. The van der Waals surface area contributed by atoms with Crippen molar-refractivity contribution in [3.63, 3.8) is 0 Å². The number of halogens is 1. The monoisotopic (exact) mass is 296 g/mol. The van der Waals surface area contributed by atoms with E-state index in [1.807, 2.05) is 7.05 Å². The summed E-state index contributed by atoms with van der Waals surface area (Å²) in [7, 11) is 3.44. The van der Waals surface area contributed by atoms with Crippen LogP contribution in [0.4, 0.5) is 4.39 Å². The molecule has 0 bridgehead atoms. The van der Waals surface area contributed by atoms with Gasteiger partial charge in [-0.1, -0.05) is 6.07 Å². The zero-order chi connectivity index (χ0) is 15.2. The number of morpholine rings is 1. The fourth-order valence-electron chi connectivity index (χ4n) is 2.87. The second kappa shape index (κ2) is 7.73. The van der Waals surface area contributed by atoms with Crippen LogP contribution in [0, 0.1) is 5.82 Å². The summed E-state index contributed by atoms with van der Waals surface area (Å²) in [4.78, 5) is 2.37. The van der Waals surface area contributed by atoms with E-state index in [2.05, 4.69) is 17.1 Å². The molecule has 1 aliphatic rings. The molecule has 0 spiro atoms. The topological polar surface area (TPSA) is 33.7 Å². The zero-order valence-corrected chi connectivity index (χ0v) is 13.1. The molecule has 0 radical (unpaired) electrons. The van der Waals surface area contributed by atoms with Crippen molar-refractivity contribution >= 4 is 0 Å². The lowest BCUT2D eigenvalue weighted by Gasteiger charge is -2.32. The summed E-state index contributed by atoms with van der Waals surface area (Å²) in [5.74, 6) is 0.383. The second-order valence-electron chi connectivity index (χ2n) is 5.47. The van der Waals surface area contributed by atoms with Gasteiger partial charge >= 0.3 is 0 Å². The molecule has 1 N–H and O–H groups in total. The smallest absolute Gasteiger partial charge is 0.131 e. The van der Waals surface area contributed by atoms with Crippen LogP contribution in [0.25, 0.3) is 0 Å². The van der Waals surface area contributed by atoms with Crippen molar-refractivity contribution in [2.75, 3.05) is 40.4 Å². The van der Waals surface area contributed by atoms with Crippen molar-refractivity contribution < 1.29 is 13.9 Å². The van der Waals surface area contributed by atoms with Gasteiger partial charge in [0.2, 0.25) is 0 Å². The van der Waals surface area contributed by atoms with Crippen molar-refractivity contribution in [2.24, 2.45) is 0 Å². The third kappa shape index (κ3) is 4.15. The Morgan fingerprint density at radius 1 is 1.52 bits per heavy atom. The molecule has 2 unspecified atom stereocenters. The molecule has 0 amide bonds. The molecule has 1 heterocycles. The fourth-order valence-corrected chi connectivity index (χ4v) is 2.87. The SMILES string of the molecule is CNC(CCN1CCOC(C)C1)c1c(F)cccc1OC. The quantitative estimate of drug-likeness (QED) is 0.872. The summed E-state index contributed by atoms with van der Waals surface area (Å²) in [6.07, 6.45) is 1.11. The highest BCUT2D eigenvalue weighted by Gasteiger charge is 2.22. The molecule has 5 heteroatoms. The van der Waals surface area contributed by atoms with Crippen LogP contribution in [0.1, 0.15) is 24.9 Å². The van der Waals surface area contributed by atoms with Crippen molar-refractivity contribution in [1.82, 2.24) is 10.2 Å².